The molecule has 0 amide bonds. The molecular weight excluding hydrogens is 421 g/mol. The lowest BCUT2D eigenvalue weighted by molar-refractivity contribution is 0.234. The van der Waals surface area contributed by atoms with E-state index in [1.807, 2.05) is 7.11 Å². The van der Waals surface area contributed by atoms with Gasteiger partial charge < -0.3 is 21.2 Å². The molecule has 3 atom stereocenters. The van der Waals surface area contributed by atoms with E-state index in [-0.39, 0.29) is 0 Å². The van der Waals surface area contributed by atoms with Crippen LogP contribution in [0.2, 0.25) is 50.9 Å². The minimum Gasteiger partial charge on any atom is -0.416 e. The molecule has 0 aliphatic carbocycles. The van der Waals surface area contributed by atoms with E-state index in [1.54, 1.807) is 7.11 Å². The third kappa shape index (κ3) is 11.2. The Morgan fingerprint density at radius 2 is 0.857 bits per heavy atom. The molecule has 170 valence electrons. The Hall–Kier alpha value is 0.668. The summed E-state index contributed by atoms with van der Waals surface area (Å²) in [7, 11) is -5.73. The predicted octanol–water partition coefficient (Wildman–Crippen LogP) is 6.65. The highest BCUT2D eigenvalue weighted by molar-refractivity contribution is 6.88. The van der Waals surface area contributed by atoms with Crippen LogP contribution in [0.3, 0.4) is 0 Å². The minimum absolute atomic E-state index is 0.988. The van der Waals surface area contributed by atoms with Crippen LogP contribution in [0, 0.1) is 0 Å². The monoisotopic (exact) mass is 468 g/mol. The standard InChI is InChI=1S/C19H48O5Si4/c1-11-14-17-26(8,21-5)23-28(10,19-16-13-3)24-27(9,18-15-12-2)22-25(6,7)20-4/h11-19H2,1-10H3. The molecule has 0 saturated carbocycles. The number of unbranched alkanes of at least 4 members (excludes halogenated alkanes) is 3. The van der Waals surface area contributed by atoms with Gasteiger partial charge in [0.05, 0.1) is 0 Å². The fourth-order valence-electron chi connectivity index (χ4n) is 3.41. The quantitative estimate of drug-likeness (QED) is 0.224. The van der Waals surface area contributed by atoms with Crippen molar-refractivity contribution < 1.29 is 21.2 Å². The van der Waals surface area contributed by atoms with Crippen molar-refractivity contribution in [3.8, 4) is 0 Å². The number of hydrogen-bond donors (Lipinski definition) is 0. The molecule has 0 N–H and O–H groups in total. The molecule has 0 rings (SSSR count). The van der Waals surface area contributed by atoms with Gasteiger partial charge in [-0.15, -0.1) is 0 Å². The van der Waals surface area contributed by atoms with Gasteiger partial charge in [0.1, 0.15) is 0 Å². The van der Waals surface area contributed by atoms with Gasteiger partial charge in [0.2, 0.25) is 0 Å². The van der Waals surface area contributed by atoms with Gasteiger partial charge >= 0.3 is 34.2 Å². The van der Waals surface area contributed by atoms with Gasteiger partial charge in [0.15, 0.2) is 0 Å². The molecule has 0 heterocycles. The average Bonchev–Trinajstić information content (AvgIpc) is 2.62. The second-order valence-electron chi connectivity index (χ2n) is 8.83. The van der Waals surface area contributed by atoms with Crippen LogP contribution in [0.1, 0.15) is 59.3 Å². The van der Waals surface area contributed by atoms with Crippen molar-refractivity contribution in [2.75, 3.05) is 14.2 Å². The first-order valence-corrected chi connectivity index (χ1v) is 21.5. The summed E-state index contributed by atoms with van der Waals surface area (Å²) in [4.78, 5) is 0. The molecular formula is C19H48O5Si4. The van der Waals surface area contributed by atoms with Crippen molar-refractivity contribution in [2.24, 2.45) is 0 Å². The summed E-state index contributed by atoms with van der Waals surface area (Å²) in [6, 6.07) is 3.00. The van der Waals surface area contributed by atoms with Gasteiger partial charge in [-0.05, 0) is 50.9 Å². The molecule has 0 aliphatic heterocycles. The molecule has 0 saturated heterocycles. The maximum absolute atomic E-state index is 6.99. The average molecular weight is 469 g/mol. The summed E-state index contributed by atoms with van der Waals surface area (Å²) in [5, 5.41) is 0. The zero-order valence-electron chi connectivity index (χ0n) is 20.4. The van der Waals surface area contributed by atoms with Crippen molar-refractivity contribution in [1.82, 2.24) is 0 Å². The molecule has 0 aromatic heterocycles. The van der Waals surface area contributed by atoms with E-state index in [4.69, 9.17) is 21.2 Å². The van der Waals surface area contributed by atoms with Crippen LogP contribution in [0.25, 0.3) is 0 Å². The zero-order chi connectivity index (χ0) is 21.9. The Balaban J connectivity index is 5.65. The van der Waals surface area contributed by atoms with Crippen LogP contribution < -0.4 is 0 Å². The van der Waals surface area contributed by atoms with E-state index >= 15 is 0 Å². The van der Waals surface area contributed by atoms with Crippen LogP contribution in [0.5, 0.6) is 0 Å². The van der Waals surface area contributed by atoms with Crippen LogP contribution in [0.15, 0.2) is 0 Å². The summed E-state index contributed by atoms with van der Waals surface area (Å²) >= 11 is 0. The second kappa shape index (κ2) is 13.2. The SMILES string of the molecule is CCCC[Si](C)(OC)O[Si](C)(CCCC)O[Si](C)(CCCC)O[Si](C)(C)OC. The van der Waals surface area contributed by atoms with Gasteiger partial charge in [-0.2, -0.15) is 0 Å². The summed E-state index contributed by atoms with van der Waals surface area (Å²) in [6.45, 7) is 17.5. The maximum atomic E-state index is 6.99. The van der Waals surface area contributed by atoms with Gasteiger partial charge in [-0.3, -0.25) is 0 Å². The van der Waals surface area contributed by atoms with Gasteiger partial charge in [-0.25, -0.2) is 0 Å². The first kappa shape index (κ1) is 28.7. The van der Waals surface area contributed by atoms with Crippen LogP contribution in [-0.4, -0.2) is 48.5 Å². The van der Waals surface area contributed by atoms with E-state index in [1.165, 1.54) is 0 Å². The van der Waals surface area contributed by atoms with E-state index in [2.05, 4.69) is 53.5 Å². The van der Waals surface area contributed by atoms with Crippen LogP contribution in [-0.2, 0) is 21.2 Å². The Kier molecular flexibility index (Phi) is 13.5. The largest absolute Gasteiger partial charge is 0.416 e. The Bertz CT molecular complexity index is 429. The first-order valence-electron chi connectivity index (χ1n) is 11.1. The summed E-state index contributed by atoms with van der Waals surface area (Å²) < 4.78 is 32.2. The molecule has 0 aromatic rings. The molecule has 0 aromatic carbocycles. The maximum Gasteiger partial charge on any atom is 0.325 e. The van der Waals surface area contributed by atoms with E-state index < -0.39 is 34.2 Å². The summed E-state index contributed by atoms with van der Waals surface area (Å²) in [6.07, 6.45) is 6.81. The number of hydrogen-bond acceptors (Lipinski definition) is 5. The van der Waals surface area contributed by atoms with E-state index in [0.29, 0.717) is 0 Å². The lowest BCUT2D eigenvalue weighted by Crippen LogP contribution is -2.60. The molecule has 9 heteroatoms. The lowest BCUT2D eigenvalue weighted by atomic mass is 10.4. The molecule has 0 bridgehead atoms. The summed E-state index contributed by atoms with van der Waals surface area (Å²) in [5.41, 5.74) is 0. The Morgan fingerprint density at radius 3 is 1.21 bits per heavy atom. The Labute approximate surface area is 179 Å². The van der Waals surface area contributed by atoms with Gasteiger partial charge in [0, 0.05) is 14.2 Å². The van der Waals surface area contributed by atoms with Crippen molar-refractivity contribution in [1.29, 1.82) is 0 Å². The van der Waals surface area contributed by atoms with Gasteiger partial charge in [-0.1, -0.05) is 59.3 Å². The normalized spacial score (nSPS) is 19.1. The molecule has 0 aliphatic rings. The lowest BCUT2D eigenvalue weighted by Gasteiger charge is -2.43. The molecule has 3 unspecified atom stereocenters. The molecule has 28 heavy (non-hydrogen) atoms. The van der Waals surface area contributed by atoms with Crippen molar-refractivity contribution in [3.05, 3.63) is 0 Å². The topological polar surface area (TPSA) is 46.2 Å². The third-order valence-corrected chi connectivity index (χ3v) is 21.4. The first-order chi connectivity index (χ1) is 12.9. The smallest absolute Gasteiger partial charge is 0.325 e. The van der Waals surface area contributed by atoms with Crippen molar-refractivity contribution >= 4 is 34.2 Å². The highest BCUT2D eigenvalue weighted by atomic mass is 28.5. The van der Waals surface area contributed by atoms with Crippen molar-refractivity contribution in [2.45, 2.75) is 110 Å². The highest BCUT2D eigenvalue weighted by Gasteiger charge is 2.49. The van der Waals surface area contributed by atoms with E-state index in [9.17, 15) is 0 Å². The second-order valence-corrected chi connectivity index (χ2v) is 23.2. The van der Waals surface area contributed by atoms with Crippen molar-refractivity contribution in [3.63, 3.8) is 0 Å². The molecule has 0 spiro atoms. The third-order valence-electron chi connectivity index (χ3n) is 5.20. The van der Waals surface area contributed by atoms with Crippen LogP contribution in [0.4, 0.5) is 0 Å². The number of rotatable bonds is 17. The Morgan fingerprint density at radius 1 is 0.500 bits per heavy atom. The van der Waals surface area contributed by atoms with E-state index in [0.717, 1.165) is 56.7 Å². The predicted molar refractivity (Wildman–Crippen MR) is 129 cm³/mol. The minimum atomic E-state index is -2.43. The fourth-order valence-corrected chi connectivity index (χ4v) is 21.9. The highest BCUT2D eigenvalue weighted by Crippen LogP contribution is 2.32. The molecule has 0 fully saturated rings. The summed E-state index contributed by atoms with van der Waals surface area (Å²) in [5.74, 6) is 0. The molecule has 0 radical (unpaired) electrons. The molecule has 5 nitrogen and oxygen atoms in total. The fraction of sp³-hybridized carbons (Fsp3) is 1.00. The van der Waals surface area contributed by atoms with Crippen LogP contribution >= 0.6 is 0 Å². The van der Waals surface area contributed by atoms with Gasteiger partial charge in [0.25, 0.3) is 0 Å². The zero-order valence-corrected chi connectivity index (χ0v) is 24.4.